The Labute approximate surface area is 171 Å². The minimum atomic E-state index is -0.407. The summed E-state index contributed by atoms with van der Waals surface area (Å²) in [4.78, 5) is 23.0. The summed E-state index contributed by atoms with van der Waals surface area (Å²) in [5, 5.41) is 0.423. The van der Waals surface area contributed by atoms with Gasteiger partial charge in [0.1, 0.15) is 17.1 Å². The third-order valence-corrected chi connectivity index (χ3v) is 5.44. The average Bonchev–Trinajstić information content (AvgIpc) is 3.17. The van der Waals surface area contributed by atoms with E-state index in [1.54, 1.807) is 30.6 Å². The zero-order valence-electron chi connectivity index (χ0n) is 15.7. The van der Waals surface area contributed by atoms with Crippen LogP contribution in [0.25, 0.3) is 10.2 Å². The van der Waals surface area contributed by atoms with Crippen LogP contribution in [0.15, 0.2) is 67.0 Å². The molecule has 4 rings (SSSR count). The molecule has 0 saturated heterocycles. The van der Waals surface area contributed by atoms with Gasteiger partial charge in [-0.05, 0) is 42.3 Å². The molecule has 5 nitrogen and oxygen atoms in total. The second-order valence-electron chi connectivity index (χ2n) is 6.48. The quantitative estimate of drug-likeness (QED) is 0.463. The summed E-state index contributed by atoms with van der Waals surface area (Å²) in [5.41, 5.74) is 2.05. The normalized spacial score (nSPS) is 10.8. The van der Waals surface area contributed by atoms with Gasteiger partial charge in [-0.1, -0.05) is 41.7 Å². The van der Waals surface area contributed by atoms with Crippen LogP contribution in [-0.4, -0.2) is 22.5 Å². The van der Waals surface area contributed by atoms with E-state index in [2.05, 4.69) is 9.97 Å². The second-order valence-corrected chi connectivity index (χ2v) is 7.49. The SMILES string of the molecule is Cc1ccccc1OCC(=O)N(Cc1cccnc1)c1nc2c(F)cccc2s1. The van der Waals surface area contributed by atoms with E-state index in [1.807, 2.05) is 37.3 Å². The van der Waals surface area contributed by atoms with Gasteiger partial charge >= 0.3 is 0 Å². The number of thiazole rings is 1. The van der Waals surface area contributed by atoms with Gasteiger partial charge in [-0.3, -0.25) is 14.7 Å². The predicted molar refractivity (Wildman–Crippen MR) is 112 cm³/mol. The van der Waals surface area contributed by atoms with E-state index >= 15 is 0 Å². The van der Waals surface area contributed by atoms with E-state index in [-0.39, 0.29) is 24.6 Å². The molecule has 2 aromatic carbocycles. The highest BCUT2D eigenvalue weighted by atomic mass is 32.1. The van der Waals surface area contributed by atoms with Crippen LogP contribution in [0.3, 0.4) is 0 Å². The van der Waals surface area contributed by atoms with Crippen molar-refractivity contribution < 1.29 is 13.9 Å². The lowest BCUT2D eigenvalue weighted by Crippen LogP contribution is -2.34. The highest BCUT2D eigenvalue weighted by Crippen LogP contribution is 2.31. The van der Waals surface area contributed by atoms with Crippen LogP contribution in [0.1, 0.15) is 11.1 Å². The smallest absolute Gasteiger partial charge is 0.267 e. The lowest BCUT2D eigenvalue weighted by atomic mass is 10.2. The van der Waals surface area contributed by atoms with Gasteiger partial charge in [0.05, 0.1) is 11.2 Å². The number of para-hydroxylation sites is 2. The number of anilines is 1. The molecule has 29 heavy (non-hydrogen) atoms. The molecule has 0 unspecified atom stereocenters. The third kappa shape index (κ3) is 4.25. The molecule has 0 aliphatic heterocycles. The standard InChI is InChI=1S/C22H18FN3O2S/c1-15-6-2-3-9-18(15)28-14-20(27)26(13-16-7-5-11-24-12-16)22-25-21-17(23)8-4-10-19(21)29-22/h2-12H,13-14H2,1H3. The topological polar surface area (TPSA) is 55.3 Å². The molecule has 0 radical (unpaired) electrons. The Kier molecular flexibility index (Phi) is 5.48. The Balaban J connectivity index is 1.63. The van der Waals surface area contributed by atoms with Crippen LogP contribution in [0, 0.1) is 12.7 Å². The van der Waals surface area contributed by atoms with Crippen LogP contribution >= 0.6 is 11.3 Å². The predicted octanol–water partition coefficient (Wildman–Crippen LogP) is 4.75. The minimum Gasteiger partial charge on any atom is -0.483 e. The maximum absolute atomic E-state index is 14.1. The molecule has 0 N–H and O–H groups in total. The Morgan fingerprint density at radius 2 is 2.00 bits per heavy atom. The Hall–Kier alpha value is -3.32. The Morgan fingerprint density at radius 3 is 2.76 bits per heavy atom. The van der Waals surface area contributed by atoms with E-state index in [9.17, 15) is 9.18 Å². The fourth-order valence-corrected chi connectivity index (χ4v) is 3.89. The lowest BCUT2D eigenvalue weighted by Gasteiger charge is -2.20. The second kappa shape index (κ2) is 8.36. The van der Waals surface area contributed by atoms with E-state index in [0.717, 1.165) is 11.1 Å². The summed E-state index contributed by atoms with van der Waals surface area (Å²) in [6, 6.07) is 16.0. The van der Waals surface area contributed by atoms with E-state index < -0.39 is 5.82 Å². The number of carbonyl (C=O) groups is 1. The molecule has 0 saturated carbocycles. The number of benzene rings is 2. The highest BCUT2D eigenvalue weighted by molar-refractivity contribution is 7.22. The van der Waals surface area contributed by atoms with Gasteiger partial charge in [-0.15, -0.1) is 0 Å². The number of hydrogen-bond acceptors (Lipinski definition) is 5. The van der Waals surface area contributed by atoms with Crippen LogP contribution in [-0.2, 0) is 11.3 Å². The number of nitrogens with zero attached hydrogens (tertiary/aromatic N) is 3. The molecule has 2 heterocycles. The Bertz CT molecular complexity index is 1150. The van der Waals surface area contributed by atoms with Crippen molar-refractivity contribution in [1.29, 1.82) is 0 Å². The monoisotopic (exact) mass is 407 g/mol. The first-order valence-corrected chi connectivity index (χ1v) is 9.86. The number of rotatable bonds is 6. The van der Waals surface area contributed by atoms with Gasteiger partial charge in [0.2, 0.25) is 0 Å². The molecule has 0 aliphatic rings. The molecule has 7 heteroatoms. The van der Waals surface area contributed by atoms with Crippen molar-refractivity contribution >= 4 is 32.6 Å². The molecule has 0 fully saturated rings. The molecule has 146 valence electrons. The summed E-state index contributed by atoms with van der Waals surface area (Å²) in [7, 11) is 0. The number of amides is 1. The summed E-state index contributed by atoms with van der Waals surface area (Å²) in [5.74, 6) is -0.0240. The van der Waals surface area contributed by atoms with Crippen LogP contribution < -0.4 is 9.64 Å². The van der Waals surface area contributed by atoms with Crippen molar-refractivity contribution in [3.63, 3.8) is 0 Å². The van der Waals surface area contributed by atoms with Crippen molar-refractivity contribution in [3.05, 3.63) is 83.9 Å². The van der Waals surface area contributed by atoms with Crippen molar-refractivity contribution in [1.82, 2.24) is 9.97 Å². The first-order valence-electron chi connectivity index (χ1n) is 9.04. The van der Waals surface area contributed by atoms with Gasteiger partial charge in [-0.2, -0.15) is 0 Å². The molecule has 1 amide bonds. The number of pyridine rings is 1. The van der Waals surface area contributed by atoms with Crippen molar-refractivity contribution in [3.8, 4) is 5.75 Å². The van der Waals surface area contributed by atoms with Gasteiger partial charge in [0, 0.05) is 12.4 Å². The van der Waals surface area contributed by atoms with Crippen LogP contribution in [0.2, 0.25) is 0 Å². The van der Waals surface area contributed by atoms with Crippen molar-refractivity contribution in [2.75, 3.05) is 11.5 Å². The highest BCUT2D eigenvalue weighted by Gasteiger charge is 2.22. The van der Waals surface area contributed by atoms with E-state index in [4.69, 9.17) is 4.74 Å². The lowest BCUT2D eigenvalue weighted by molar-refractivity contribution is -0.120. The fourth-order valence-electron chi connectivity index (χ4n) is 2.89. The largest absolute Gasteiger partial charge is 0.483 e. The van der Waals surface area contributed by atoms with Crippen molar-refractivity contribution in [2.45, 2.75) is 13.5 Å². The van der Waals surface area contributed by atoms with Gasteiger partial charge in [0.25, 0.3) is 5.91 Å². The molecule has 2 aromatic heterocycles. The van der Waals surface area contributed by atoms with E-state index in [1.165, 1.54) is 22.3 Å². The number of aryl methyl sites for hydroxylation is 1. The molecule has 4 aromatic rings. The zero-order chi connectivity index (χ0) is 20.2. The molecular weight excluding hydrogens is 389 g/mol. The summed E-state index contributed by atoms with van der Waals surface area (Å²) >= 11 is 1.27. The molecule has 0 spiro atoms. The third-order valence-electron chi connectivity index (χ3n) is 4.40. The summed E-state index contributed by atoms with van der Waals surface area (Å²) in [6.45, 7) is 2.04. The Morgan fingerprint density at radius 1 is 1.14 bits per heavy atom. The van der Waals surface area contributed by atoms with E-state index in [0.29, 0.717) is 15.6 Å². The fraction of sp³-hybridized carbons (Fsp3) is 0.136. The number of halogens is 1. The van der Waals surface area contributed by atoms with Gasteiger partial charge in [0.15, 0.2) is 11.7 Å². The number of carbonyl (C=O) groups excluding carboxylic acids is 1. The summed E-state index contributed by atoms with van der Waals surface area (Å²) < 4.78 is 20.5. The average molecular weight is 407 g/mol. The zero-order valence-corrected chi connectivity index (χ0v) is 16.5. The molecule has 0 bridgehead atoms. The number of hydrogen-bond donors (Lipinski definition) is 0. The maximum atomic E-state index is 14.1. The molecular formula is C22H18FN3O2S. The number of fused-ring (bicyclic) bond motifs is 1. The van der Waals surface area contributed by atoms with Crippen LogP contribution in [0.4, 0.5) is 9.52 Å². The van der Waals surface area contributed by atoms with Gasteiger partial charge < -0.3 is 4.74 Å². The van der Waals surface area contributed by atoms with Crippen LogP contribution in [0.5, 0.6) is 5.75 Å². The first kappa shape index (κ1) is 19.0. The minimum absolute atomic E-state index is 0.149. The summed E-state index contributed by atoms with van der Waals surface area (Å²) in [6.07, 6.45) is 3.36. The van der Waals surface area contributed by atoms with Gasteiger partial charge in [-0.25, -0.2) is 9.37 Å². The number of ether oxygens (including phenoxy) is 1. The maximum Gasteiger partial charge on any atom is 0.267 e. The molecule has 0 aliphatic carbocycles. The van der Waals surface area contributed by atoms with Crippen molar-refractivity contribution in [2.24, 2.45) is 0 Å². The number of aromatic nitrogens is 2. The molecule has 0 atom stereocenters. The first-order chi connectivity index (χ1) is 14.1.